The molecule has 1 heterocycles. The van der Waals surface area contributed by atoms with Crippen molar-refractivity contribution in [3.05, 3.63) is 35.4 Å². The summed E-state index contributed by atoms with van der Waals surface area (Å²) in [6, 6.07) is 7.12. The number of aryl methyl sites for hydroxylation is 1. The third kappa shape index (κ3) is 4.03. The second-order valence-corrected chi connectivity index (χ2v) is 7.24. The van der Waals surface area contributed by atoms with Gasteiger partial charge >= 0.3 is 5.97 Å². The van der Waals surface area contributed by atoms with Gasteiger partial charge in [0.2, 0.25) is 10.0 Å². The summed E-state index contributed by atoms with van der Waals surface area (Å²) in [6.45, 7) is 2.46. The van der Waals surface area contributed by atoms with Gasteiger partial charge in [-0.25, -0.2) is 13.1 Å². The van der Waals surface area contributed by atoms with Crippen molar-refractivity contribution in [2.75, 3.05) is 13.7 Å². The van der Waals surface area contributed by atoms with Crippen LogP contribution in [0.25, 0.3) is 0 Å². The smallest absolute Gasteiger partial charge is 0.322 e. The SMILES string of the molecule is COC(=O)C1CC(S(=O)(=O)NCc2cccc(C)c2)CN1. The van der Waals surface area contributed by atoms with Crippen LogP contribution in [0, 0.1) is 6.92 Å². The molecule has 2 unspecified atom stereocenters. The summed E-state index contributed by atoms with van der Waals surface area (Å²) in [5.41, 5.74) is 1.99. The fourth-order valence-electron chi connectivity index (χ4n) is 2.39. The number of sulfonamides is 1. The summed E-state index contributed by atoms with van der Waals surface area (Å²) in [5, 5.41) is 2.26. The first-order chi connectivity index (χ1) is 9.92. The number of hydrogen-bond acceptors (Lipinski definition) is 5. The summed E-state index contributed by atoms with van der Waals surface area (Å²) >= 11 is 0. The van der Waals surface area contributed by atoms with Gasteiger partial charge in [-0.15, -0.1) is 0 Å². The molecule has 7 heteroatoms. The fourth-order valence-corrected chi connectivity index (χ4v) is 3.75. The zero-order valence-electron chi connectivity index (χ0n) is 12.1. The highest BCUT2D eigenvalue weighted by Crippen LogP contribution is 2.16. The van der Waals surface area contributed by atoms with Gasteiger partial charge in [0.1, 0.15) is 6.04 Å². The van der Waals surface area contributed by atoms with Crippen LogP contribution in [0.5, 0.6) is 0 Å². The quantitative estimate of drug-likeness (QED) is 0.765. The topological polar surface area (TPSA) is 84.5 Å². The highest BCUT2D eigenvalue weighted by molar-refractivity contribution is 7.90. The van der Waals surface area contributed by atoms with Crippen LogP contribution in [0.4, 0.5) is 0 Å². The molecule has 116 valence electrons. The molecule has 0 saturated carbocycles. The van der Waals surface area contributed by atoms with Crippen molar-refractivity contribution >= 4 is 16.0 Å². The van der Waals surface area contributed by atoms with E-state index in [0.717, 1.165) is 11.1 Å². The lowest BCUT2D eigenvalue weighted by Gasteiger charge is -2.12. The Balaban J connectivity index is 1.95. The van der Waals surface area contributed by atoms with E-state index in [1.54, 1.807) is 0 Å². The van der Waals surface area contributed by atoms with Crippen LogP contribution in [0.3, 0.4) is 0 Å². The van der Waals surface area contributed by atoms with Gasteiger partial charge in [-0.2, -0.15) is 0 Å². The molecule has 1 aromatic rings. The molecule has 0 spiro atoms. The molecule has 0 amide bonds. The number of carbonyl (C=O) groups is 1. The van der Waals surface area contributed by atoms with E-state index < -0.39 is 27.3 Å². The van der Waals surface area contributed by atoms with E-state index in [-0.39, 0.29) is 19.5 Å². The van der Waals surface area contributed by atoms with Crippen LogP contribution in [0.1, 0.15) is 17.5 Å². The molecule has 2 N–H and O–H groups in total. The predicted octanol–water partition coefficient (Wildman–Crippen LogP) is 0.318. The van der Waals surface area contributed by atoms with Gasteiger partial charge in [-0.05, 0) is 18.9 Å². The zero-order valence-corrected chi connectivity index (χ0v) is 12.9. The van der Waals surface area contributed by atoms with E-state index >= 15 is 0 Å². The second kappa shape index (κ2) is 6.55. The Morgan fingerprint density at radius 1 is 1.48 bits per heavy atom. The van der Waals surface area contributed by atoms with Crippen molar-refractivity contribution in [2.24, 2.45) is 0 Å². The molecule has 0 bridgehead atoms. The first kappa shape index (κ1) is 15.9. The Morgan fingerprint density at radius 2 is 2.24 bits per heavy atom. The maximum absolute atomic E-state index is 12.2. The maximum atomic E-state index is 12.2. The van der Waals surface area contributed by atoms with Crippen LogP contribution in [0.15, 0.2) is 24.3 Å². The highest BCUT2D eigenvalue weighted by atomic mass is 32.2. The molecule has 1 aromatic carbocycles. The van der Waals surface area contributed by atoms with E-state index in [2.05, 4.69) is 14.8 Å². The summed E-state index contributed by atoms with van der Waals surface area (Å²) in [5.74, 6) is -0.425. The van der Waals surface area contributed by atoms with Crippen molar-refractivity contribution in [3.8, 4) is 0 Å². The Bertz CT molecular complexity index is 615. The summed E-state index contributed by atoms with van der Waals surface area (Å²) < 4.78 is 31.7. The van der Waals surface area contributed by atoms with Gasteiger partial charge in [-0.1, -0.05) is 29.8 Å². The molecule has 0 aliphatic carbocycles. The molecule has 1 aliphatic heterocycles. The van der Waals surface area contributed by atoms with Crippen LogP contribution in [-0.2, 0) is 26.1 Å². The largest absolute Gasteiger partial charge is 0.468 e. The monoisotopic (exact) mass is 312 g/mol. The summed E-state index contributed by atoms with van der Waals surface area (Å²) in [6.07, 6.45) is 0.232. The number of nitrogens with one attached hydrogen (secondary N) is 2. The molecule has 2 atom stereocenters. The maximum Gasteiger partial charge on any atom is 0.322 e. The van der Waals surface area contributed by atoms with E-state index in [4.69, 9.17) is 0 Å². The van der Waals surface area contributed by atoms with Crippen molar-refractivity contribution < 1.29 is 17.9 Å². The lowest BCUT2D eigenvalue weighted by molar-refractivity contribution is -0.142. The van der Waals surface area contributed by atoms with Crippen molar-refractivity contribution in [3.63, 3.8) is 0 Å². The normalized spacial score (nSPS) is 22.2. The van der Waals surface area contributed by atoms with Gasteiger partial charge in [0.25, 0.3) is 0 Å². The number of ether oxygens (including phenoxy) is 1. The minimum atomic E-state index is -3.47. The van der Waals surface area contributed by atoms with Crippen molar-refractivity contribution in [1.29, 1.82) is 0 Å². The van der Waals surface area contributed by atoms with E-state index in [9.17, 15) is 13.2 Å². The third-order valence-electron chi connectivity index (χ3n) is 3.58. The van der Waals surface area contributed by atoms with E-state index in [1.165, 1.54) is 7.11 Å². The molecule has 1 aliphatic rings. The van der Waals surface area contributed by atoms with Gasteiger partial charge in [0, 0.05) is 13.1 Å². The van der Waals surface area contributed by atoms with Crippen LogP contribution in [0.2, 0.25) is 0 Å². The van der Waals surface area contributed by atoms with E-state index in [0.29, 0.717) is 0 Å². The van der Waals surface area contributed by atoms with Gasteiger partial charge in [0.15, 0.2) is 0 Å². The third-order valence-corrected chi connectivity index (χ3v) is 5.36. The molecule has 0 radical (unpaired) electrons. The Hall–Kier alpha value is -1.44. The second-order valence-electron chi connectivity index (χ2n) is 5.20. The first-order valence-corrected chi connectivity index (χ1v) is 8.32. The zero-order chi connectivity index (χ0) is 15.5. The predicted molar refractivity (Wildman–Crippen MR) is 79.2 cm³/mol. The standard InChI is InChI=1S/C14H20N2O4S/c1-10-4-3-5-11(6-10)8-16-21(18,19)12-7-13(15-9-12)14(17)20-2/h3-6,12-13,15-16H,7-9H2,1-2H3. The lowest BCUT2D eigenvalue weighted by Crippen LogP contribution is -2.35. The molecule has 2 rings (SSSR count). The molecule has 21 heavy (non-hydrogen) atoms. The van der Waals surface area contributed by atoms with Crippen molar-refractivity contribution in [2.45, 2.75) is 31.2 Å². The number of hydrogen-bond donors (Lipinski definition) is 2. The summed E-state index contributed by atoms with van der Waals surface area (Å²) in [4.78, 5) is 11.4. The van der Waals surface area contributed by atoms with Gasteiger partial charge in [-0.3, -0.25) is 4.79 Å². The number of esters is 1. The molecular formula is C14H20N2O4S. The minimum Gasteiger partial charge on any atom is -0.468 e. The fraction of sp³-hybridized carbons (Fsp3) is 0.500. The average molecular weight is 312 g/mol. The molecular weight excluding hydrogens is 292 g/mol. The summed E-state index contributed by atoms with van der Waals surface area (Å²) in [7, 11) is -2.17. The van der Waals surface area contributed by atoms with Gasteiger partial charge in [0.05, 0.1) is 12.4 Å². The van der Waals surface area contributed by atoms with Crippen LogP contribution >= 0.6 is 0 Å². The number of carbonyl (C=O) groups excluding carboxylic acids is 1. The Labute approximate surface area is 124 Å². The lowest BCUT2D eigenvalue weighted by atomic mass is 10.1. The Morgan fingerprint density at radius 3 is 2.90 bits per heavy atom. The molecule has 6 nitrogen and oxygen atoms in total. The Kier molecular flexibility index (Phi) is 4.97. The highest BCUT2D eigenvalue weighted by Gasteiger charge is 2.37. The number of benzene rings is 1. The molecule has 1 saturated heterocycles. The van der Waals surface area contributed by atoms with Crippen LogP contribution < -0.4 is 10.0 Å². The van der Waals surface area contributed by atoms with Crippen LogP contribution in [-0.4, -0.2) is 39.3 Å². The molecule has 1 fully saturated rings. The number of methoxy groups -OCH3 is 1. The van der Waals surface area contributed by atoms with Gasteiger partial charge < -0.3 is 10.1 Å². The number of rotatable bonds is 5. The first-order valence-electron chi connectivity index (χ1n) is 6.77. The van der Waals surface area contributed by atoms with Crippen molar-refractivity contribution in [1.82, 2.24) is 10.0 Å². The average Bonchev–Trinajstić information content (AvgIpc) is 2.95. The minimum absolute atomic E-state index is 0.232. The molecule has 0 aromatic heterocycles. The van der Waals surface area contributed by atoms with E-state index in [1.807, 2.05) is 31.2 Å².